The van der Waals surface area contributed by atoms with Crippen molar-refractivity contribution in [2.75, 3.05) is 33.5 Å². The average Bonchev–Trinajstić information content (AvgIpc) is 2.29. The van der Waals surface area contributed by atoms with Crippen molar-refractivity contribution in [1.82, 2.24) is 5.32 Å². The molecule has 0 saturated carbocycles. The van der Waals surface area contributed by atoms with Crippen molar-refractivity contribution in [1.29, 1.82) is 0 Å². The SMILES string of the molecule is COCCOCCOC(=O)N[C@H](C(=O)O)C(C)C. The van der Waals surface area contributed by atoms with Crippen molar-refractivity contribution >= 4 is 12.1 Å². The highest BCUT2D eigenvalue weighted by Crippen LogP contribution is 2.01. The zero-order valence-electron chi connectivity index (χ0n) is 11.0. The Labute approximate surface area is 106 Å². The fourth-order valence-electron chi connectivity index (χ4n) is 1.12. The molecule has 106 valence electrons. The van der Waals surface area contributed by atoms with E-state index < -0.39 is 18.1 Å². The zero-order chi connectivity index (χ0) is 14.0. The van der Waals surface area contributed by atoms with Gasteiger partial charge in [-0.2, -0.15) is 0 Å². The highest BCUT2D eigenvalue weighted by molar-refractivity contribution is 5.80. The third kappa shape index (κ3) is 7.86. The summed E-state index contributed by atoms with van der Waals surface area (Å²) < 4.78 is 14.6. The van der Waals surface area contributed by atoms with Gasteiger partial charge in [0.1, 0.15) is 12.6 Å². The summed E-state index contributed by atoms with van der Waals surface area (Å²) in [5, 5.41) is 11.1. The minimum Gasteiger partial charge on any atom is -0.480 e. The Bertz CT molecular complexity index is 256. The average molecular weight is 263 g/mol. The summed E-state index contributed by atoms with van der Waals surface area (Å²) in [6.45, 7) is 4.61. The Morgan fingerprint density at radius 3 is 2.28 bits per heavy atom. The van der Waals surface area contributed by atoms with E-state index in [-0.39, 0.29) is 19.1 Å². The molecular formula is C11H21NO6. The molecule has 0 radical (unpaired) electrons. The molecule has 2 N–H and O–H groups in total. The summed E-state index contributed by atoms with van der Waals surface area (Å²) in [7, 11) is 1.56. The summed E-state index contributed by atoms with van der Waals surface area (Å²) in [6, 6.07) is -0.952. The Morgan fingerprint density at radius 1 is 1.17 bits per heavy atom. The van der Waals surface area contributed by atoms with Crippen molar-refractivity contribution in [3.8, 4) is 0 Å². The lowest BCUT2D eigenvalue weighted by molar-refractivity contribution is -0.140. The van der Waals surface area contributed by atoms with Gasteiger partial charge in [-0.15, -0.1) is 0 Å². The topological polar surface area (TPSA) is 94.1 Å². The first-order valence-electron chi connectivity index (χ1n) is 5.71. The van der Waals surface area contributed by atoms with E-state index in [0.29, 0.717) is 13.2 Å². The van der Waals surface area contributed by atoms with Crippen molar-refractivity contribution in [3.63, 3.8) is 0 Å². The number of methoxy groups -OCH3 is 1. The van der Waals surface area contributed by atoms with E-state index >= 15 is 0 Å². The molecule has 0 aromatic carbocycles. The van der Waals surface area contributed by atoms with Gasteiger partial charge in [0.25, 0.3) is 0 Å². The lowest BCUT2D eigenvalue weighted by Gasteiger charge is -2.17. The minimum atomic E-state index is -1.08. The first kappa shape index (κ1) is 16.7. The predicted octanol–water partition coefficient (Wildman–Crippen LogP) is 0.485. The number of ether oxygens (including phenoxy) is 3. The van der Waals surface area contributed by atoms with Crippen LogP contribution >= 0.6 is 0 Å². The maximum Gasteiger partial charge on any atom is 0.407 e. The third-order valence-corrected chi connectivity index (χ3v) is 2.10. The first-order valence-corrected chi connectivity index (χ1v) is 5.71. The van der Waals surface area contributed by atoms with Gasteiger partial charge in [-0.3, -0.25) is 0 Å². The Kier molecular flexibility index (Phi) is 8.95. The third-order valence-electron chi connectivity index (χ3n) is 2.10. The summed E-state index contributed by atoms with van der Waals surface area (Å²) in [5.41, 5.74) is 0. The van der Waals surface area contributed by atoms with Gasteiger partial charge in [0, 0.05) is 7.11 Å². The van der Waals surface area contributed by atoms with Crippen LogP contribution in [0.25, 0.3) is 0 Å². The van der Waals surface area contributed by atoms with E-state index in [4.69, 9.17) is 19.3 Å². The van der Waals surface area contributed by atoms with Crippen LogP contribution < -0.4 is 5.32 Å². The lowest BCUT2D eigenvalue weighted by atomic mass is 10.1. The van der Waals surface area contributed by atoms with E-state index in [0.717, 1.165) is 0 Å². The van der Waals surface area contributed by atoms with Crippen LogP contribution in [-0.2, 0) is 19.0 Å². The molecule has 0 unspecified atom stereocenters. The summed E-state index contributed by atoms with van der Waals surface area (Å²) in [6.07, 6.45) is -0.758. The van der Waals surface area contributed by atoms with Gasteiger partial charge in [0.2, 0.25) is 0 Å². The number of hydrogen-bond donors (Lipinski definition) is 2. The molecule has 0 aliphatic carbocycles. The van der Waals surface area contributed by atoms with Crippen LogP contribution in [0, 0.1) is 5.92 Å². The quantitative estimate of drug-likeness (QED) is 0.588. The molecule has 0 rings (SSSR count). The van der Waals surface area contributed by atoms with E-state index in [1.165, 1.54) is 0 Å². The van der Waals surface area contributed by atoms with Crippen LogP contribution in [0.5, 0.6) is 0 Å². The fraction of sp³-hybridized carbons (Fsp3) is 0.818. The number of carboxylic acid groups (broad SMARTS) is 1. The van der Waals surface area contributed by atoms with Gasteiger partial charge < -0.3 is 24.6 Å². The second-order valence-electron chi connectivity index (χ2n) is 3.95. The molecule has 0 aromatic heterocycles. The monoisotopic (exact) mass is 263 g/mol. The number of alkyl carbamates (subject to hydrolysis) is 1. The number of carbonyl (C=O) groups is 2. The summed E-state index contributed by atoms with van der Waals surface area (Å²) in [4.78, 5) is 22.1. The van der Waals surface area contributed by atoms with Crippen molar-refractivity contribution in [2.45, 2.75) is 19.9 Å². The molecular weight excluding hydrogens is 242 g/mol. The molecule has 7 nitrogen and oxygen atoms in total. The van der Waals surface area contributed by atoms with Crippen molar-refractivity contribution in [2.24, 2.45) is 5.92 Å². The number of nitrogens with one attached hydrogen (secondary N) is 1. The fourth-order valence-corrected chi connectivity index (χ4v) is 1.12. The van der Waals surface area contributed by atoms with Gasteiger partial charge in [0.15, 0.2) is 0 Å². The van der Waals surface area contributed by atoms with Gasteiger partial charge in [-0.05, 0) is 5.92 Å². The number of hydrogen-bond acceptors (Lipinski definition) is 5. The Hall–Kier alpha value is -1.34. The molecule has 0 spiro atoms. The van der Waals surface area contributed by atoms with Gasteiger partial charge in [-0.1, -0.05) is 13.8 Å². The molecule has 0 saturated heterocycles. The van der Waals surface area contributed by atoms with Crippen LogP contribution in [0.2, 0.25) is 0 Å². The summed E-state index contributed by atoms with van der Waals surface area (Å²) in [5.74, 6) is -1.30. The van der Waals surface area contributed by atoms with E-state index in [2.05, 4.69) is 5.32 Å². The molecule has 7 heteroatoms. The smallest absolute Gasteiger partial charge is 0.407 e. The first-order chi connectivity index (χ1) is 8.49. The van der Waals surface area contributed by atoms with E-state index in [1.54, 1.807) is 21.0 Å². The molecule has 0 aromatic rings. The molecule has 1 atom stereocenters. The highest BCUT2D eigenvalue weighted by atomic mass is 16.6. The van der Waals surface area contributed by atoms with Crippen LogP contribution in [0.4, 0.5) is 4.79 Å². The molecule has 18 heavy (non-hydrogen) atoms. The van der Waals surface area contributed by atoms with Gasteiger partial charge in [-0.25, -0.2) is 9.59 Å². The number of amides is 1. The molecule has 0 bridgehead atoms. The lowest BCUT2D eigenvalue weighted by Crippen LogP contribution is -2.44. The minimum absolute atomic E-state index is 0.0694. The number of rotatable bonds is 9. The summed E-state index contributed by atoms with van der Waals surface area (Å²) >= 11 is 0. The van der Waals surface area contributed by atoms with Gasteiger partial charge >= 0.3 is 12.1 Å². The van der Waals surface area contributed by atoms with E-state index in [1.807, 2.05) is 0 Å². The number of carboxylic acids is 1. The molecule has 0 heterocycles. The highest BCUT2D eigenvalue weighted by Gasteiger charge is 2.23. The second-order valence-corrected chi connectivity index (χ2v) is 3.95. The van der Waals surface area contributed by atoms with Crippen LogP contribution in [0.3, 0.4) is 0 Å². The maximum absolute atomic E-state index is 11.3. The van der Waals surface area contributed by atoms with E-state index in [9.17, 15) is 9.59 Å². The van der Waals surface area contributed by atoms with Crippen LogP contribution in [-0.4, -0.2) is 56.7 Å². The largest absolute Gasteiger partial charge is 0.480 e. The van der Waals surface area contributed by atoms with Crippen molar-refractivity contribution < 1.29 is 28.9 Å². The Balaban J connectivity index is 3.72. The zero-order valence-corrected chi connectivity index (χ0v) is 11.0. The van der Waals surface area contributed by atoms with Crippen LogP contribution in [0.1, 0.15) is 13.8 Å². The Morgan fingerprint density at radius 2 is 1.78 bits per heavy atom. The van der Waals surface area contributed by atoms with Gasteiger partial charge in [0.05, 0.1) is 19.8 Å². The number of aliphatic carboxylic acids is 1. The standard InChI is InChI=1S/C11H21NO6/c1-8(2)9(10(13)14)12-11(15)18-7-6-17-5-4-16-3/h8-9H,4-7H2,1-3H3,(H,12,15)(H,13,14)/t9-/m0/s1. The predicted molar refractivity (Wildman–Crippen MR) is 63.4 cm³/mol. The van der Waals surface area contributed by atoms with Crippen molar-refractivity contribution in [3.05, 3.63) is 0 Å². The molecule has 0 aliphatic rings. The second kappa shape index (κ2) is 9.67. The molecule has 0 aliphatic heterocycles. The number of carbonyl (C=O) groups excluding carboxylic acids is 1. The molecule has 1 amide bonds. The normalized spacial score (nSPS) is 12.2. The van der Waals surface area contributed by atoms with Crippen LogP contribution in [0.15, 0.2) is 0 Å². The molecule has 0 fully saturated rings. The maximum atomic E-state index is 11.3.